The summed E-state index contributed by atoms with van der Waals surface area (Å²) in [6.45, 7) is 4.54. The highest BCUT2D eigenvalue weighted by Crippen LogP contribution is 2.38. The van der Waals surface area contributed by atoms with E-state index >= 15 is 0 Å². The highest BCUT2D eigenvalue weighted by Gasteiger charge is 2.36. The van der Waals surface area contributed by atoms with Gasteiger partial charge in [-0.1, -0.05) is 31.0 Å². The topological polar surface area (TPSA) is 76.1 Å². The van der Waals surface area contributed by atoms with Crippen LogP contribution in [0, 0.1) is 6.92 Å². The van der Waals surface area contributed by atoms with Crippen molar-refractivity contribution in [3.8, 4) is 11.1 Å². The smallest absolute Gasteiger partial charge is 0.243 e. The fourth-order valence-corrected chi connectivity index (χ4v) is 5.76. The summed E-state index contributed by atoms with van der Waals surface area (Å²) in [6, 6.07) is 10.6. The lowest BCUT2D eigenvalue weighted by molar-refractivity contribution is 0.251. The van der Waals surface area contributed by atoms with E-state index in [1.54, 1.807) is 28.8 Å². The molecule has 31 heavy (non-hydrogen) atoms. The largest absolute Gasteiger partial charge is 0.265 e. The molecule has 7 heteroatoms. The second-order valence-corrected chi connectivity index (χ2v) is 9.90. The molecule has 0 N–H and O–H groups in total. The average molecular weight is 437 g/mol. The van der Waals surface area contributed by atoms with Gasteiger partial charge in [-0.25, -0.2) is 18.4 Å². The normalized spacial score (nSPS) is 17.5. The SMILES string of the molecule is CCCc1ncc(-c2ccncc2)c([C@@H]2CCCCN2S(=O)(=O)c2ccc(C)cc2)n1. The van der Waals surface area contributed by atoms with Crippen molar-refractivity contribution in [2.75, 3.05) is 6.54 Å². The number of aromatic nitrogens is 3. The van der Waals surface area contributed by atoms with Crippen LogP contribution in [0.15, 0.2) is 59.9 Å². The van der Waals surface area contributed by atoms with Crippen LogP contribution in [0.3, 0.4) is 0 Å². The number of rotatable bonds is 6. The number of piperidine rings is 1. The summed E-state index contributed by atoms with van der Waals surface area (Å²) < 4.78 is 28.9. The lowest BCUT2D eigenvalue weighted by Gasteiger charge is -2.35. The Hall–Kier alpha value is -2.64. The first-order valence-electron chi connectivity index (χ1n) is 10.9. The maximum atomic E-state index is 13.6. The molecule has 1 aliphatic rings. The summed E-state index contributed by atoms with van der Waals surface area (Å²) in [5.41, 5.74) is 3.65. The Bertz CT molecular complexity index is 1130. The minimum Gasteiger partial charge on any atom is -0.265 e. The molecule has 6 nitrogen and oxygen atoms in total. The minimum atomic E-state index is -3.64. The van der Waals surface area contributed by atoms with Crippen molar-refractivity contribution in [3.63, 3.8) is 0 Å². The molecule has 0 radical (unpaired) electrons. The van der Waals surface area contributed by atoms with Crippen molar-refractivity contribution in [2.45, 2.75) is 56.9 Å². The van der Waals surface area contributed by atoms with E-state index in [0.29, 0.717) is 11.4 Å². The Kier molecular flexibility index (Phi) is 6.43. The summed E-state index contributed by atoms with van der Waals surface area (Å²) in [5.74, 6) is 0.758. The zero-order valence-corrected chi connectivity index (χ0v) is 18.8. The predicted molar refractivity (Wildman–Crippen MR) is 121 cm³/mol. The number of pyridine rings is 1. The van der Waals surface area contributed by atoms with Gasteiger partial charge in [0.05, 0.1) is 16.6 Å². The van der Waals surface area contributed by atoms with E-state index in [1.165, 1.54) is 0 Å². The van der Waals surface area contributed by atoms with Crippen LogP contribution in [0.2, 0.25) is 0 Å². The first-order valence-corrected chi connectivity index (χ1v) is 12.3. The highest BCUT2D eigenvalue weighted by molar-refractivity contribution is 7.89. The molecule has 3 heterocycles. The standard InChI is InChI=1S/C24H28N4O2S/c1-3-6-23-26-17-21(19-12-14-25-15-13-19)24(27-23)22-7-4-5-16-28(22)31(29,30)20-10-8-18(2)9-11-20/h8-15,17,22H,3-7,16H2,1-2H3/t22-/m0/s1. The molecule has 4 rings (SSSR count). The molecule has 2 aromatic heterocycles. The molecule has 3 aromatic rings. The van der Waals surface area contributed by atoms with Crippen molar-refractivity contribution in [1.82, 2.24) is 19.3 Å². The summed E-state index contributed by atoms with van der Waals surface area (Å²) in [4.78, 5) is 13.9. The number of hydrogen-bond donors (Lipinski definition) is 0. The Morgan fingerprint density at radius 2 is 1.81 bits per heavy atom. The van der Waals surface area contributed by atoms with E-state index in [4.69, 9.17) is 4.98 Å². The van der Waals surface area contributed by atoms with E-state index in [9.17, 15) is 8.42 Å². The number of nitrogens with zero attached hydrogens (tertiary/aromatic N) is 4. The molecule has 1 saturated heterocycles. The molecule has 1 fully saturated rings. The Labute approximate surface area is 184 Å². The van der Waals surface area contributed by atoms with Gasteiger partial charge in [-0.05, 0) is 56.0 Å². The molecule has 0 saturated carbocycles. The fraction of sp³-hybridized carbons (Fsp3) is 0.375. The molecule has 1 atom stereocenters. The lowest BCUT2D eigenvalue weighted by Crippen LogP contribution is -2.39. The molecular formula is C24H28N4O2S. The maximum absolute atomic E-state index is 13.6. The molecule has 1 aliphatic heterocycles. The molecule has 0 unspecified atom stereocenters. The van der Waals surface area contributed by atoms with Crippen LogP contribution in [0.5, 0.6) is 0 Å². The Morgan fingerprint density at radius 1 is 1.06 bits per heavy atom. The zero-order valence-electron chi connectivity index (χ0n) is 18.0. The van der Waals surface area contributed by atoms with Crippen molar-refractivity contribution in [2.24, 2.45) is 0 Å². The molecule has 0 spiro atoms. The quantitative estimate of drug-likeness (QED) is 0.559. The van der Waals surface area contributed by atoms with Gasteiger partial charge in [0.1, 0.15) is 5.82 Å². The van der Waals surface area contributed by atoms with Crippen molar-refractivity contribution < 1.29 is 8.42 Å². The molecule has 162 valence electrons. The van der Waals surface area contributed by atoms with Gasteiger partial charge in [-0.3, -0.25) is 4.98 Å². The third-order valence-electron chi connectivity index (χ3n) is 5.73. The van der Waals surface area contributed by atoms with Crippen molar-refractivity contribution >= 4 is 10.0 Å². The molecule has 0 aliphatic carbocycles. The number of aryl methyl sites for hydroxylation is 2. The fourth-order valence-electron chi connectivity index (χ4n) is 4.10. The second-order valence-electron chi connectivity index (χ2n) is 8.01. The first kappa shape index (κ1) is 21.6. The number of benzene rings is 1. The van der Waals surface area contributed by atoms with Crippen LogP contribution in [0.25, 0.3) is 11.1 Å². The van der Waals surface area contributed by atoms with Gasteiger partial charge in [0.15, 0.2) is 0 Å². The molecular weight excluding hydrogens is 408 g/mol. The maximum Gasteiger partial charge on any atom is 0.243 e. The van der Waals surface area contributed by atoms with Gasteiger partial charge in [0.2, 0.25) is 10.0 Å². The van der Waals surface area contributed by atoms with Gasteiger partial charge in [-0.15, -0.1) is 0 Å². The zero-order chi connectivity index (χ0) is 21.8. The molecule has 0 amide bonds. The van der Waals surface area contributed by atoms with E-state index in [-0.39, 0.29) is 6.04 Å². The Balaban J connectivity index is 1.82. The second kappa shape index (κ2) is 9.24. The van der Waals surface area contributed by atoms with Crippen LogP contribution in [0.1, 0.15) is 55.7 Å². The lowest BCUT2D eigenvalue weighted by atomic mass is 9.96. The van der Waals surface area contributed by atoms with Crippen LogP contribution in [0.4, 0.5) is 0 Å². The summed E-state index contributed by atoms with van der Waals surface area (Å²) in [7, 11) is -3.64. The number of hydrogen-bond acceptors (Lipinski definition) is 5. The highest BCUT2D eigenvalue weighted by atomic mass is 32.2. The summed E-state index contributed by atoms with van der Waals surface area (Å²) >= 11 is 0. The first-order chi connectivity index (χ1) is 15.0. The van der Waals surface area contributed by atoms with E-state index in [0.717, 1.165) is 60.3 Å². The van der Waals surface area contributed by atoms with Crippen LogP contribution in [-0.4, -0.2) is 34.2 Å². The third kappa shape index (κ3) is 4.52. The van der Waals surface area contributed by atoms with Gasteiger partial charge in [0, 0.05) is 37.1 Å². The van der Waals surface area contributed by atoms with E-state index < -0.39 is 10.0 Å². The van der Waals surface area contributed by atoms with Crippen LogP contribution in [-0.2, 0) is 16.4 Å². The number of sulfonamides is 1. The molecule has 0 bridgehead atoms. The van der Waals surface area contributed by atoms with Gasteiger partial charge in [0.25, 0.3) is 0 Å². The average Bonchev–Trinajstić information content (AvgIpc) is 2.80. The van der Waals surface area contributed by atoms with Gasteiger partial charge < -0.3 is 0 Å². The van der Waals surface area contributed by atoms with Crippen molar-refractivity contribution in [1.29, 1.82) is 0 Å². The monoisotopic (exact) mass is 436 g/mol. The van der Waals surface area contributed by atoms with E-state index in [1.807, 2.05) is 37.4 Å². The Morgan fingerprint density at radius 3 is 2.52 bits per heavy atom. The predicted octanol–water partition coefficient (Wildman–Crippen LogP) is 4.72. The van der Waals surface area contributed by atoms with Crippen LogP contribution >= 0.6 is 0 Å². The molecule has 1 aromatic carbocycles. The summed E-state index contributed by atoms with van der Waals surface area (Å²) in [5, 5.41) is 0. The van der Waals surface area contributed by atoms with Crippen LogP contribution < -0.4 is 0 Å². The summed E-state index contributed by atoms with van der Waals surface area (Å²) in [6.07, 6.45) is 9.57. The van der Waals surface area contributed by atoms with Gasteiger partial charge in [-0.2, -0.15) is 4.31 Å². The minimum absolute atomic E-state index is 0.318. The van der Waals surface area contributed by atoms with E-state index in [2.05, 4.69) is 16.9 Å². The third-order valence-corrected chi connectivity index (χ3v) is 7.65. The van der Waals surface area contributed by atoms with Gasteiger partial charge >= 0.3 is 0 Å². The van der Waals surface area contributed by atoms with Crippen molar-refractivity contribution in [3.05, 3.63) is 72.1 Å².